The number of hydrogen-bond acceptors (Lipinski definition) is 9. The van der Waals surface area contributed by atoms with Gasteiger partial charge >= 0.3 is 0 Å². The van der Waals surface area contributed by atoms with E-state index in [1.807, 2.05) is 38.1 Å². The number of anilines is 2. The minimum Gasteiger partial charge on any atom is -0.396 e. The molecule has 1 fully saturated rings. The summed E-state index contributed by atoms with van der Waals surface area (Å²) < 4.78 is 1.01. The lowest BCUT2D eigenvalue weighted by Gasteiger charge is -2.26. The largest absolute Gasteiger partial charge is 0.396 e. The first-order chi connectivity index (χ1) is 15.2. The van der Waals surface area contributed by atoms with Gasteiger partial charge in [-0.25, -0.2) is 9.97 Å². The summed E-state index contributed by atoms with van der Waals surface area (Å²) in [4.78, 5) is 13.9. The third-order valence-corrected chi connectivity index (χ3v) is 7.39. The van der Waals surface area contributed by atoms with Crippen molar-refractivity contribution in [3.63, 3.8) is 0 Å². The van der Waals surface area contributed by atoms with Gasteiger partial charge in [-0.15, -0.1) is 11.3 Å². The van der Waals surface area contributed by atoms with Crippen LogP contribution in [0.4, 0.5) is 11.8 Å². The summed E-state index contributed by atoms with van der Waals surface area (Å²) in [5, 5.41) is 37.8. The van der Waals surface area contributed by atoms with Crippen molar-refractivity contribution in [3.05, 3.63) is 29.4 Å². The van der Waals surface area contributed by atoms with E-state index in [4.69, 9.17) is 16.6 Å². The molecule has 2 aromatic heterocycles. The van der Waals surface area contributed by atoms with Crippen LogP contribution in [0, 0.1) is 5.92 Å². The van der Waals surface area contributed by atoms with Crippen LogP contribution in [-0.4, -0.2) is 60.7 Å². The number of nitrogens with one attached hydrogen (secondary N) is 2. The van der Waals surface area contributed by atoms with Crippen LogP contribution in [0.2, 0.25) is 5.15 Å². The van der Waals surface area contributed by atoms with Gasteiger partial charge in [0, 0.05) is 18.1 Å². The van der Waals surface area contributed by atoms with Crippen molar-refractivity contribution in [1.82, 2.24) is 15.0 Å². The fourth-order valence-electron chi connectivity index (χ4n) is 3.78. The number of aliphatic hydroxyl groups excluding tert-OH is 3. The highest BCUT2D eigenvalue weighted by atomic mass is 35.5. The molecule has 2 heterocycles. The highest BCUT2D eigenvalue weighted by Crippen LogP contribution is 2.40. The van der Waals surface area contributed by atoms with Gasteiger partial charge in [0.05, 0.1) is 27.9 Å². The number of fused-ring (bicyclic) bond motifs is 1. The highest BCUT2D eigenvalue weighted by Gasteiger charge is 2.41. The van der Waals surface area contributed by atoms with Gasteiger partial charge < -0.3 is 26.0 Å². The van der Waals surface area contributed by atoms with Crippen molar-refractivity contribution in [2.24, 2.45) is 5.92 Å². The predicted molar refractivity (Wildman–Crippen MR) is 128 cm³/mol. The van der Waals surface area contributed by atoms with E-state index < -0.39 is 24.2 Å². The summed E-state index contributed by atoms with van der Waals surface area (Å²) >= 11 is 8.14. The average molecular weight is 478 g/mol. The second-order valence-corrected chi connectivity index (χ2v) is 10.2. The zero-order valence-electron chi connectivity index (χ0n) is 18.2. The number of hydrogen-bond donors (Lipinski definition) is 5. The first-order valence-electron chi connectivity index (χ1n) is 10.7. The fraction of sp³-hybridized carbons (Fsp3) is 0.500. The van der Waals surface area contributed by atoms with Crippen LogP contribution in [0.25, 0.3) is 20.8 Å². The lowest BCUT2D eigenvalue weighted by Crippen LogP contribution is -2.36. The normalized spacial score (nSPS) is 23.6. The molecule has 5 N–H and O–H groups in total. The van der Waals surface area contributed by atoms with E-state index in [1.54, 1.807) is 0 Å². The zero-order valence-corrected chi connectivity index (χ0v) is 19.8. The lowest BCUT2D eigenvalue weighted by atomic mass is 10.0. The van der Waals surface area contributed by atoms with Crippen molar-refractivity contribution in [1.29, 1.82) is 0 Å². The summed E-state index contributed by atoms with van der Waals surface area (Å²) in [7, 11) is 0. The molecule has 0 amide bonds. The Morgan fingerprint density at radius 1 is 1.16 bits per heavy atom. The molecule has 0 spiro atoms. The number of aromatic nitrogens is 3. The minimum absolute atomic E-state index is 0.205. The minimum atomic E-state index is -1.05. The maximum atomic E-state index is 10.5. The van der Waals surface area contributed by atoms with Crippen molar-refractivity contribution >= 4 is 44.9 Å². The van der Waals surface area contributed by atoms with Gasteiger partial charge in [-0.05, 0) is 38.8 Å². The monoisotopic (exact) mass is 477 g/mol. The molecule has 1 aliphatic carbocycles. The Balaban J connectivity index is 1.78. The SMILES string of the molecule is CCC(C)(C)Nc1nc(Cl)c(-c2nc3ccccc3s2)c(NC2CC(CO)C(O)C2O)n1. The number of benzene rings is 1. The first-order valence-corrected chi connectivity index (χ1v) is 11.9. The number of nitrogens with zero attached hydrogens (tertiary/aromatic N) is 3. The van der Waals surface area contributed by atoms with Crippen LogP contribution in [-0.2, 0) is 0 Å². The van der Waals surface area contributed by atoms with Gasteiger partial charge in [0.2, 0.25) is 5.95 Å². The van der Waals surface area contributed by atoms with E-state index in [2.05, 4.69) is 27.5 Å². The molecule has 32 heavy (non-hydrogen) atoms. The summed E-state index contributed by atoms with van der Waals surface area (Å²) in [6.45, 7) is 5.95. The number of thiazole rings is 1. The third kappa shape index (κ3) is 4.53. The Morgan fingerprint density at radius 3 is 2.56 bits per heavy atom. The summed E-state index contributed by atoms with van der Waals surface area (Å²) in [5.41, 5.74) is 1.14. The Labute approximate surface area is 195 Å². The standard InChI is InChI=1S/C22H28ClN5O3S/c1-4-22(2,3)28-21-26-18(23)15(20-25-12-7-5-6-8-14(12)32-20)19(27-21)24-13-9-11(10-29)16(30)17(13)31/h5-8,11,13,16-17,29-31H,4,9-10H2,1-3H3,(H2,24,26,27,28). The van der Waals surface area contributed by atoms with Crippen LogP contribution in [0.1, 0.15) is 33.6 Å². The maximum absolute atomic E-state index is 10.5. The van der Waals surface area contributed by atoms with E-state index in [-0.39, 0.29) is 17.3 Å². The Bertz CT molecular complexity index is 1080. The Morgan fingerprint density at radius 2 is 1.91 bits per heavy atom. The molecule has 1 saturated carbocycles. The quantitative estimate of drug-likeness (QED) is 0.327. The van der Waals surface area contributed by atoms with Gasteiger partial charge in [0.25, 0.3) is 0 Å². The molecule has 4 atom stereocenters. The second-order valence-electron chi connectivity index (χ2n) is 8.82. The molecule has 0 bridgehead atoms. The lowest BCUT2D eigenvalue weighted by molar-refractivity contribution is 0.00446. The van der Waals surface area contributed by atoms with E-state index in [0.717, 1.165) is 16.6 Å². The van der Waals surface area contributed by atoms with E-state index in [9.17, 15) is 15.3 Å². The summed E-state index contributed by atoms with van der Waals surface area (Å²) in [6, 6.07) is 7.29. The molecule has 0 aliphatic heterocycles. The van der Waals surface area contributed by atoms with Gasteiger partial charge in [-0.2, -0.15) is 4.98 Å². The fourth-order valence-corrected chi connectivity index (χ4v) is 5.11. The number of aliphatic hydroxyl groups is 3. The summed E-state index contributed by atoms with van der Waals surface area (Å²) in [6.07, 6.45) is -0.824. The Hall–Kier alpha value is -2.04. The molecule has 4 rings (SSSR count). The third-order valence-electron chi connectivity index (χ3n) is 6.07. The van der Waals surface area contributed by atoms with Crippen LogP contribution in [0.15, 0.2) is 24.3 Å². The van der Waals surface area contributed by atoms with Gasteiger partial charge in [-0.3, -0.25) is 0 Å². The van der Waals surface area contributed by atoms with Crippen LogP contribution < -0.4 is 10.6 Å². The van der Waals surface area contributed by atoms with Crippen LogP contribution in [0.3, 0.4) is 0 Å². The maximum Gasteiger partial charge on any atom is 0.226 e. The number of halogens is 1. The molecule has 8 nitrogen and oxygen atoms in total. The molecule has 0 saturated heterocycles. The number of para-hydroxylation sites is 1. The van der Waals surface area contributed by atoms with Crippen molar-refractivity contribution < 1.29 is 15.3 Å². The molecule has 1 aromatic carbocycles. The predicted octanol–water partition coefficient (Wildman–Crippen LogP) is 3.52. The van der Waals surface area contributed by atoms with E-state index >= 15 is 0 Å². The van der Waals surface area contributed by atoms with Gasteiger partial charge in [0.15, 0.2) is 0 Å². The van der Waals surface area contributed by atoms with Gasteiger partial charge in [0.1, 0.15) is 22.1 Å². The van der Waals surface area contributed by atoms with E-state index in [1.165, 1.54) is 11.3 Å². The van der Waals surface area contributed by atoms with Crippen LogP contribution >= 0.6 is 22.9 Å². The summed E-state index contributed by atoms with van der Waals surface area (Å²) in [5.74, 6) is 0.372. The topological polar surface area (TPSA) is 123 Å². The molecule has 4 unspecified atom stereocenters. The molecule has 1 aliphatic rings. The zero-order chi connectivity index (χ0) is 23.0. The molecular formula is C22H28ClN5O3S. The van der Waals surface area contributed by atoms with Crippen molar-refractivity contribution in [2.75, 3.05) is 17.2 Å². The number of rotatable bonds is 7. The molecular weight excluding hydrogens is 450 g/mol. The average Bonchev–Trinajstić information content (AvgIpc) is 3.29. The van der Waals surface area contributed by atoms with E-state index in [0.29, 0.717) is 28.8 Å². The van der Waals surface area contributed by atoms with Crippen molar-refractivity contribution in [2.45, 2.75) is 57.4 Å². The molecule has 172 valence electrons. The second kappa shape index (κ2) is 9.07. The smallest absolute Gasteiger partial charge is 0.226 e. The highest BCUT2D eigenvalue weighted by molar-refractivity contribution is 7.21. The molecule has 3 aromatic rings. The first kappa shape index (κ1) is 23.1. The van der Waals surface area contributed by atoms with Gasteiger partial charge in [-0.1, -0.05) is 30.7 Å². The molecule has 10 heteroatoms. The van der Waals surface area contributed by atoms with Crippen LogP contribution in [0.5, 0.6) is 0 Å². The van der Waals surface area contributed by atoms with Crippen molar-refractivity contribution in [3.8, 4) is 10.6 Å². The molecule has 0 radical (unpaired) electrons. The Kier molecular flexibility index (Phi) is 6.56.